The van der Waals surface area contributed by atoms with Crippen LogP contribution < -0.4 is 14.8 Å². The molecular formula is C22H19N3O5. The summed E-state index contributed by atoms with van der Waals surface area (Å²) < 4.78 is 17.5. The van der Waals surface area contributed by atoms with Crippen molar-refractivity contribution in [3.05, 3.63) is 53.6 Å². The molecule has 3 fully saturated rings. The Bertz CT molecular complexity index is 1150. The fourth-order valence-electron chi connectivity index (χ4n) is 5.79. The third-order valence-electron chi connectivity index (χ3n) is 7.09. The third kappa shape index (κ3) is 1.73. The molecule has 5 aliphatic rings. The van der Waals surface area contributed by atoms with Crippen LogP contribution in [0.5, 0.6) is 11.5 Å². The minimum atomic E-state index is -0.799. The molecule has 0 bridgehead atoms. The number of hydrogen-bond donors (Lipinski definition) is 1. The Morgan fingerprint density at radius 3 is 2.83 bits per heavy atom. The largest absolute Gasteiger partial charge is 0.454 e. The number of rotatable bonds is 1. The van der Waals surface area contributed by atoms with E-state index in [2.05, 4.69) is 5.32 Å². The van der Waals surface area contributed by atoms with Crippen molar-refractivity contribution in [3.8, 4) is 11.5 Å². The van der Waals surface area contributed by atoms with Crippen LogP contribution in [0.1, 0.15) is 23.6 Å². The molecule has 0 saturated carbocycles. The first-order valence-electron chi connectivity index (χ1n) is 10.1. The quantitative estimate of drug-likeness (QED) is 0.726. The van der Waals surface area contributed by atoms with Crippen LogP contribution in [-0.2, 0) is 19.9 Å². The SMILES string of the molecule is CN1CC(=O)N2[C@H](C[C@@]34O[C@]3(Nc3ccccc34)[C@H]2c2ccc3c(c2)OCO3)C1=O. The summed E-state index contributed by atoms with van der Waals surface area (Å²) in [6.45, 7) is 0.236. The van der Waals surface area contributed by atoms with E-state index in [1.165, 1.54) is 4.90 Å². The summed E-state index contributed by atoms with van der Waals surface area (Å²) >= 11 is 0. The van der Waals surface area contributed by atoms with Gasteiger partial charge in [0.25, 0.3) is 0 Å². The average Bonchev–Trinajstić information content (AvgIpc) is 3.04. The van der Waals surface area contributed by atoms with Gasteiger partial charge in [0.05, 0.1) is 6.54 Å². The van der Waals surface area contributed by atoms with Crippen molar-refractivity contribution >= 4 is 17.5 Å². The van der Waals surface area contributed by atoms with Gasteiger partial charge < -0.3 is 29.3 Å². The number of piperazine rings is 1. The molecule has 5 heterocycles. The van der Waals surface area contributed by atoms with E-state index in [0.29, 0.717) is 17.9 Å². The van der Waals surface area contributed by atoms with Crippen LogP contribution in [0.3, 0.4) is 0 Å². The van der Waals surface area contributed by atoms with Crippen molar-refractivity contribution in [2.75, 3.05) is 25.7 Å². The lowest BCUT2D eigenvalue weighted by molar-refractivity contribution is -0.161. The molecule has 152 valence electrons. The molecule has 0 aliphatic carbocycles. The number of piperidine rings is 1. The van der Waals surface area contributed by atoms with Crippen molar-refractivity contribution in [1.82, 2.24) is 9.80 Å². The number of amides is 2. The fraction of sp³-hybridized carbons (Fsp3) is 0.364. The number of epoxide rings is 1. The lowest BCUT2D eigenvalue weighted by Gasteiger charge is -2.48. The number of anilines is 1. The summed E-state index contributed by atoms with van der Waals surface area (Å²) in [6, 6.07) is 12.7. The zero-order valence-electron chi connectivity index (χ0n) is 16.3. The molecule has 0 radical (unpaired) electrons. The van der Waals surface area contributed by atoms with Crippen LogP contribution in [0.2, 0.25) is 0 Å². The number of benzene rings is 2. The Hall–Kier alpha value is -3.26. The summed E-state index contributed by atoms with van der Waals surface area (Å²) in [4.78, 5) is 29.6. The second-order valence-corrected chi connectivity index (χ2v) is 8.57. The number of para-hydroxylation sites is 1. The number of carbonyl (C=O) groups is 2. The lowest BCUT2D eigenvalue weighted by Crippen LogP contribution is -2.65. The van der Waals surface area contributed by atoms with E-state index in [-0.39, 0.29) is 25.2 Å². The molecule has 8 nitrogen and oxygen atoms in total. The third-order valence-corrected chi connectivity index (χ3v) is 7.09. The highest BCUT2D eigenvalue weighted by Gasteiger charge is 2.83. The van der Waals surface area contributed by atoms with E-state index in [9.17, 15) is 9.59 Å². The Kier molecular flexibility index (Phi) is 2.79. The Labute approximate surface area is 172 Å². The van der Waals surface area contributed by atoms with Crippen molar-refractivity contribution in [3.63, 3.8) is 0 Å². The van der Waals surface area contributed by atoms with E-state index >= 15 is 0 Å². The van der Waals surface area contributed by atoms with Crippen LogP contribution in [0, 0.1) is 0 Å². The molecule has 0 aromatic heterocycles. The van der Waals surface area contributed by atoms with Crippen LogP contribution >= 0.6 is 0 Å². The monoisotopic (exact) mass is 405 g/mol. The van der Waals surface area contributed by atoms with Crippen molar-refractivity contribution in [2.45, 2.75) is 29.8 Å². The second kappa shape index (κ2) is 5.07. The lowest BCUT2D eigenvalue weighted by atomic mass is 9.76. The summed E-state index contributed by atoms with van der Waals surface area (Å²) in [7, 11) is 1.68. The minimum Gasteiger partial charge on any atom is -0.454 e. The number of hydrogen-bond acceptors (Lipinski definition) is 6. The standard InChI is InChI=1S/C22H19N3O5/c1-24-10-18(26)25-15(20(24)27)9-21-13-4-2-3-5-14(13)23-22(21,30-21)19(25)12-6-7-16-17(8-12)29-11-28-16/h2-8,15,19,23H,9-11H2,1H3/t15-,19-,21+,22-/m1/s1. The zero-order chi connectivity index (χ0) is 20.3. The van der Waals surface area contributed by atoms with Gasteiger partial charge in [-0.05, 0) is 23.8 Å². The predicted octanol–water partition coefficient (Wildman–Crippen LogP) is 1.58. The molecule has 30 heavy (non-hydrogen) atoms. The highest BCUT2D eigenvalue weighted by molar-refractivity contribution is 5.96. The van der Waals surface area contributed by atoms with Gasteiger partial charge in [-0.1, -0.05) is 24.3 Å². The molecule has 2 amide bonds. The Morgan fingerprint density at radius 1 is 1.10 bits per heavy atom. The summed E-state index contributed by atoms with van der Waals surface area (Å²) in [5.74, 6) is 1.18. The molecular weight excluding hydrogens is 386 g/mol. The maximum atomic E-state index is 13.2. The maximum absolute atomic E-state index is 13.2. The van der Waals surface area contributed by atoms with Gasteiger partial charge in [0.2, 0.25) is 18.6 Å². The number of ether oxygens (including phenoxy) is 3. The van der Waals surface area contributed by atoms with Crippen LogP contribution in [-0.4, -0.2) is 53.8 Å². The molecule has 8 heteroatoms. The van der Waals surface area contributed by atoms with Gasteiger partial charge in [-0.3, -0.25) is 9.59 Å². The van der Waals surface area contributed by atoms with Crippen molar-refractivity contribution in [2.24, 2.45) is 0 Å². The molecule has 7 rings (SSSR count). The van der Waals surface area contributed by atoms with E-state index in [1.807, 2.05) is 42.5 Å². The highest BCUT2D eigenvalue weighted by Crippen LogP contribution is 2.73. The average molecular weight is 405 g/mol. The van der Waals surface area contributed by atoms with E-state index < -0.39 is 23.4 Å². The van der Waals surface area contributed by atoms with Gasteiger partial charge in [-0.25, -0.2) is 0 Å². The van der Waals surface area contributed by atoms with Crippen LogP contribution in [0.4, 0.5) is 5.69 Å². The predicted molar refractivity (Wildman–Crippen MR) is 104 cm³/mol. The fourth-order valence-corrected chi connectivity index (χ4v) is 5.79. The van der Waals surface area contributed by atoms with Gasteiger partial charge >= 0.3 is 0 Å². The number of nitrogens with one attached hydrogen (secondary N) is 1. The summed E-state index contributed by atoms with van der Waals surface area (Å²) in [5, 5.41) is 3.56. The van der Waals surface area contributed by atoms with E-state index in [1.54, 1.807) is 11.9 Å². The summed E-state index contributed by atoms with van der Waals surface area (Å²) in [5.41, 5.74) is 1.45. The molecule has 2 aromatic carbocycles. The number of fused-ring (bicyclic) bond motifs is 3. The van der Waals surface area contributed by atoms with Crippen LogP contribution in [0.15, 0.2) is 42.5 Å². The van der Waals surface area contributed by atoms with Gasteiger partial charge in [0.15, 0.2) is 22.8 Å². The molecule has 0 unspecified atom stereocenters. The smallest absolute Gasteiger partial charge is 0.245 e. The minimum absolute atomic E-state index is 0.0526. The molecule has 5 aliphatic heterocycles. The van der Waals surface area contributed by atoms with Gasteiger partial charge in [-0.2, -0.15) is 0 Å². The highest BCUT2D eigenvalue weighted by atomic mass is 16.7. The Morgan fingerprint density at radius 2 is 1.93 bits per heavy atom. The van der Waals surface area contributed by atoms with Gasteiger partial charge in [0.1, 0.15) is 12.1 Å². The number of carbonyl (C=O) groups excluding carboxylic acids is 2. The number of likely N-dealkylation sites (N-methyl/N-ethyl adjacent to an activating group) is 1. The molecule has 2 aromatic rings. The normalized spacial score (nSPS) is 34.7. The zero-order valence-corrected chi connectivity index (χ0v) is 16.3. The van der Waals surface area contributed by atoms with E-state index in [4.69, 9.17) is 14.2 Å². The maximum Gasteiger partial charge on any atom is 0.245 e. The number of nitrogens with zero attached hydrogens (tertiary/aromatic N) is 2. The molecule has 3 saturated heterocycles. The summed E-state index contributed by atoms with van der Waals surface area (Å²) in [6.07, 6.45) is 0.437. The first-order valence-corrected chi connectivity index (χ1v) is 10.1. The van der Waals surface area contributed by atoms with Crippen molar-refractivity contribution < 1.29 is 23.8 Å². The topological polar surface area (TPSA) is 83.6 Å². The Balaban J connectivity index is 1.44. The first-order chi connectivity index (χ1) is 14.5. The molecule has 1 N–H and O–H groups in total. The first kappa shape index (κ1) is 16.5. The van der Waals surface area contributed by atoms with Gasteiger partial charge in [-0.15, -0.1) is 0 Å². The molecule has 4 atom stereocenters. The van der Waals surface area contributed by atoms with Crippen LogP contribution in [0.25, 0.3) is 0 Å². The molecule has 0 spiro atoms. The van der Waals surface area contributed by atoms with Gasteiger partial charge in [0, 0.05) is 24.7 Å². The second-order valence-electron chi connectivity index (χ2n) is 8.57. The van der Waals surface area contributed by atoms with E-state index in [0.717, 1.165) is 16.8 Å². The van der Waals surface area contributed by atoms with Crippen molar-refractivity contribution in [1.29, 1.82) is 0 Å².